The Morgan fingerprint density at radius 2 is 2.12 bits per heavy atom. The van der Waals surface area contributed by atoms with Gasteiger partial charge in [0.25, 0.3) is 0 Å². The number of nitrogens with zero attached hydrogens (tertiary/aromatic N) is 1. The molecular weight excluding hydrogens is 198 g/mol. The minimum absolute atomic E-state index is 0.805. The first-order chi connectivity index (χ1) is 7.90. The van der Waals surface area contributed by atoms with Gasteiger partial charge in [0, 0.05) is 11.6 Å². The molecule has 1 aromatic carbocycles. The lowest BCUT2D eigenvalue weighted by molar-refractivity contribution is 0.306. The zero-order valence-corrected chi connectivity index (χ0v) is 9.65. The van der Waals surface area contributed by atoms with Crippen LogP contribution < -0.4 is 4.74 Å². The summed E-state index contributed by atoms with van der Waals surface area (Å²) >= 11 is 0. The fraction of sp³-hybridized carbons (Fsp3) is 0.357. The van der Waals surface area contributed by atoms with Gasteiger partial charge in [-0.15, -0.1) is 0 Å². The Labute approximate surface area is 96.3 Å². The zero-order chi connectivity index (χ0) is 11.2. The molecule has 0 saturated heterocycles. The van der Waals surface area contributed by atoms with Gasteiger partial charge in [-0.1, -0.05) is 25.8 Å². The van der Waals surface area contributed by atoms with E-state index in [1.54, 1.807) is 0 Å². The molecule has 0 amide bonds. The minimum atomic E-state index is 0.805. The van der Waals surface area contributed by atoms with Crippen LogP contribution in [0.25, 0.3) is 10.9 Å². The molecule has 0 bridgehead atoms. The molecule has 0 aliphatic rings. The number of rotatable bonds is 5. The third kappa shape index (κ3) is 2.72. The highest BCUT2D eigenvalue weighted by Crippen LogP contribution is 2.19. The molecule has 0 aliphatic heterocycles. The molecule has 2 heteroatoms. The number of fused-ring (bicyclic) bond motifs is 1. The van der Waals surface area contributed by atoms with Gasteiger partial charge in [-0.3, -0.25) is 4.98 Å². The van der Waals surface area contributed by atoms with E-state index < -0.39 is 0 Å². The van der Waals surface area contributed by atoms with E-state index in [2.05, 4.69) is 18.0 Å². The molecule has 0 spiro atoms. The largest absolute Gasteiger partial charge is 0.494 e. The maximum atomic E-state index is 5.69. The quantitative estimate of drug-likeness (QED) is 0.708. The van der Waals surface area contributed by atoms with Crippen molar-refractivity contribution in [3.63, 3.8) is 0 Å². The molecular formula is C14H17NO. The summed E-state index contributed by atoms with van der Waals surface area (Å²) < 4.78 is 5.69. The van der Waals surface area contributed by atoms with E-state index in [9.17, 15) is 0 Å². The zero-order valence-electron chi connectivity index (χ0n) is 9.65. The Morgan fingerprint density at radius 1 is 1.19 bits per heavy atom. The average molecular weight is 215 g/mol. The molecule has 0 saturated carbocycles. The molecule has 0 N–H and O–H groups in total. The molecule has 1 heterocycles. The molecule has 0 radical (unpaired) electrons. The van der Waals surface area contributed by atoms with Crippen LogP contribution in [-0.2, 0) is 0 Å². The van der Waals surface area contributed by atoms with Gasteiger partial charge < -0.3 is 4.74 Å². The first kappa shape index (κ1) is 10.9. The number of hydrogen-bond acceptors (Lipinski definition) is 2. The van der Waals surface area contributed by atoms with Gasteiger partial charge in [0.15, 0.2) is 0 Å². The lowest BCUT2D eigenvalue weighted by Gasteiger charge is -2.06. The molecule has 16 heavy (non-hydrogen) atoms. The van der Waals surface area contributed by atoms with Crippen molar-refractivity contribution in [1.29, 1.82) is 0 Å². The number of hydrogen-bond donors (Lipinski definition) is 0. The molecule has 2 nitrogen and oxygen atoms in total. The van der Waals surface area contributed by atoms with Gasteiger partial charge in [-0.2, -0.15) is 0 Å². The van der Waals surface area contributed by atoms with Crippen LogP contribution >= 0.6 is 0 Å². The molecule has 0 atom stereocenters. The van der Waals surface area contributed by atoms with Gasteiger partial charge in [0.2, 0.25) is 0 Å². The van der Waals surface area contributed by atoms with Crippen LogP contribution in [0.1, 0.15) is 26.2 Å². The van der Waals surface area contributed by atoms with Gasteiger partial charge in [0.1, 0.15) is 5.75 Å². The van der Waals surface area contributed by atoms with E-state index in [1.807, 2.05) is 30.5 Å². The minimum Gasteiger partial charge on any atom is -0.494 e. The number of pyridine rings is 1. The summed E-state index contributed by atoms with van der Waals surface area (Å²) in [6.45, 7) is 3.00. The molecule has 2 rings (SSSR count). The summed E-state index contributed by atoms with van der Waals surface area (Å²) in [7, 11) is 0. The summed E-state index contributed by atoms with van der Waals surface area (Å²) in [5, 5.41) is 1.13. The van der Waals surface area contributed by atoms with E-state index in [0.29, 0.717) is 0 Å². The van der Waals surface area contributed by atoms with Crippen molar-refractivity contribution < 1.29 is 4.74 Å². The number of ether oxygens (including phenoxy) is 1. The fourth-order valence-corrected chi connectivity index (χ4v) is 1.69. The van der Waals surface area contributed by atoms with Crippen LogP contribution in [0.4, 0.5) is 0 Å². The lowest BCUT2D eigenvalue weighted by atomic mass is 10.2. The predicted molar refractivity (Wildman–Crippen MR) is 66.8 cm³/mol. The molecule has 0 aliphatic carbocycles. The van der Waals surface area contributed by atoms with E-state index in [0.717, 1.165) is 29.7 Å². The first-order valence-corrected chi connectivity index (χ1v) is 5.88. The van der Waals surface area contributed by atoms with Crippen LogP contribution in [0.5, 0.6) is 5.75 Å². The number of unbranched alkanes of at least 4 members (excludes halogenated alkanes) is 2. The second-order valence-electron chi connectivity index (χ2n) is 3.91. The Morgan fingerprint density at radius 3 is 3.00 bits per heavy atom. The monoisotopic (exact) mass is 215 g/mol. The molecule has 0 fully saturated rings. The Balaban J connectivity index is 2.02. The van der Waals surface area contributed by atoms with E-state index in [1.165, 1.54) is 12.8 Å². The Bertz CT molecular complexity index is 453. The van der Waals surface area contributed by atoms with Crippen LogP contribution in [0.2, 0.25) is 0 Å². The summed E-state index contributed by atoms with van der Waals surface area (Å²) in [5.74, 6) is 0.941. The van der Waals surface area contributed by atoms with E-state index >= 15 is 0 Å². The van der Waals surface area contributed by atoms with Crippen molar-refractivity contribution >= 4 is 10.9 Å². The highest BCUT2D eigenvalue weighted by molar-refractivity contribution is 5.79. The van der Waals surface area contributed by atoms with E-state index in [-0.39, 0.29) is 0 Å². The summed E-state index contributed by atoms with van der Waals surface area (Å²) in [6, 6.07) is 10.0. The maximum absolute atomic E-state index is 5.69. The maximum Gasteiger partial charge on any atom is 0.120 e. The predicted octanol–water partition coefficient (Wildman–Crippen LogP) is 3.80. The number of benzene rings is 1. The first-order valence-electron chi connectivity index (χ1n) is 5.88. The highest BCUT2D eigenvalue weighted by Gasteiger charge is 1.97. The van der Waals surface area contributed by atoms with Crippen molar-refractivity contribution in [2.75, 3.05) is 6.61 Å². The standard InChI is InChI=1S/C14H17NO/c1-2-3-4-10-16-13-7-8-14-12(11-13)6-5-9-15-14/h5-9,11H,2-4,10H2,1H3. The molecule has 0 unspecified atom stereocenters. The highest BCUT2D eigenvalue weighted by atomic mass is 16.5. The van der Waals surface area contributed by atoms with Crippen molar-refractivity contribution in [3.8, 4) is 5.75 Å². The summed E-state index contributed by atoms with van der Waals surface area (Å²) in [5.41, 5.74) is 1.02. The van der Waals surface area contributed by atoms with Gasteiger partial charge in [-0.25, -0.2) is 0 Å². The second kappa shape index (κ2) is 5.50. The van der Waals surface area contributed by atoms with Crippen LogP contribution in [-0.4, -0.2) is 11.6 Å². The van der Waals surface area contributed by atoms with Crippen LogP contribution in [0.3, 0.4) is 0 Å². The average Bonchev–Trinajstić information content (AvgIpc) is 2.34. The normalized spacial score (nSPS) is 10.6. The van der Waals surface area contributed by atoms with Gasteiger partial charge in [0.05, 0.1) is 12.1 Å². The Hall–Kier alpha value is -1.57. The number of aromatic nitrogens is 1. The van der Waals surface area contributed by atoms with E-state index in [4.69, 9.17) is 4.74 Å². The molecule has 2 aromatic rings. The lowest BCUT2D eigenvalue weighted by Crippen LogP contribution is -1.96. The van der Waals surface area contributed by atoms with Crippen molar-refractivity contribution in [3.05, 3.63) is 36.5 Å². The Kier molecular flexibility index (Phi) is 3.76. The molecule has 84 valence electrons. The smallest absolute Gasteiger partial charge is 0.120 e. The fourth-order valence-electron chi connectivity index (χ4n) is 1.69. The third-order valence-corrected chi connectivity index (χ3v) is 2.59. The summed E-state index contributed by atoms with van der Waals surface area (Å²) in [4.78, 5) is 4.28. The second-order valence-corrected chi connectivity index (χ2v) is 3.91. The SMILES string of the molecule is CCCCCOc1ccc2ncccc2c1. The van der Waals surface area contributed by atoms with Gasteiger partial charge >= 0.3 is 0 Å². The van der Waals surface area contributed by atoms with Crippen LogP contribution in [0, 0.1) is 0 Å². The van der Waals surface area contributed by atoms with Crippen LogP contribution in [0.15, 0.2) is 36.5 Å². The van der Waals surface area contributed by atoms with Crippen molar-refractivity contribution in [2.45, 2.75) is 26.2 Å². The topological polar surface area (TPSA) is 22.1 Å². The summed E-state index contributed by atoms with van der Waals surface area (Å²) in [6.07, 6.45) is 5.39. The van der Waals surface area contributed by atoms with Crippen molar-refractivity contribution in [2.24, 2.45) is 0 Å². The van der Waals surface area contributed by atoms with Crippen molar-refractivity contribution in [1.82, 2.24) is 4.98 Å². The van der Waals surface area contributed by atoms with Gasteiger partial charge in [-0.05, 0) is 30.7 Å². The third-order valence-electron chi connectivity index (χ3n) is 2.59. The molecule has 1 aromatic heterocycles.